The summed E-state index contributed by atoms with van der Waals surface area (Å²) in [6.07, 6.45) is 3.29. The Labute approximate surface area is 171 Å². The fraction of sp³-hybridized carbons (Fsp3) is 0.182. The number of benzene rings is 2. The lowest BCUT2D eigenvalue weighted by molar-refractivity contribution is -0.121. The molecule has 0 aliphatic carbocycles. The molecule has 0 unspecified atom stereocenters. The second-order valence-corrected chi connectivity index (χ2v) is 8.64. The quantitative estimate of drug-likeness (QED) is 0.620. The number of aryl methyl sites for hydroxylation is 1. The molecule has 0 radical (unpaired) electrons. The van der Waals surface area contributed by atoms with E-state index in [9.17, 15) is 13.2 Å². The first-order chi connectivity index (χ1) is 13.9. The van der Waals surface area contributed by atoms with Crippen LogP contribution in [0.25, 0.3) is 0 Å². The van der Waals surface area contributed by atoms with E-state index < -0.39 is 10.0 Å². The van der Waals surface area contributed by atoms with Crippen LogP contribution in [0, 0.1) is 6.92 Å². The zero-order chi connectivity index (χ0) is 20.7. The molecule has 0 aliphatic heterocycles. The maximum Gasteiger partial charge on any atom is 0.243 e. The van der Waals surface area contributed by atoms with Gasteiger partial charge >= 0.3 is 0 Å². The molecule has 7 heteroatoms. The van der Waals surface area contributed by atoms with Gasteiger partial charge in [-0.15, -0.1) is 0 Å². The van der Waals surface area contributed by atoms with Crippen molar-refractivity contribution in [2.75, 3.05) is 6.54 Å². The Hall–Kier alpha value is -3.03. The van der Waals surface area contributed by atoms with E-state index in [2.05, 4.69) is 10.3 Å². The summed E-state index contributed by atoms with van der Waals surface area (Å²) >= 11 is 0. The lowest BCUT2D eigenvalue weighted by Gasteiger charge is -2.22. The monoisotopic (exact) mass is 409 g/mol. The van der Waals surface area contributed by atoms with Crippen molar-refractivity contribution in [2.24, 2.45) is 0 Å². The lowest BCUT2D eigenvalue weighted by atomic mass is 10.2. The van der Waals surface area contributed by atoms with Gasteiger partial charge < -0.3 is 5.32 Å². The molecule has 0 aliphatic rings. The van der Waals surface area contributed by atoms with Crippen molar-refractivity contribution in [3.63, 3.8) is 0 Å². The molecule has 0 fully saturated rings. The summed E-state index contributed by atoms with van der Waals surface area (Å²) in [5.74, 6) is -0.367. The largest absolute Gasteiger partial charge is 0.351 e. The first-order valence-electron chi connectivity index (χ1n) is 9.21. The Morgan fingerprint density at radius 3 is 2.24 bits per heavy atom. The number of nitrogens with zero attached hydrogens (tertiary/aromatic N) is 2. The van der Waals surface area contributed by atoms with Crippen LogP contribution in [0.1, 0.15) is 16.7 Å². The molecule has 29 heavy (non-hydrogen) atoms. The van der Waals surface area contributed by atoms with Gasteiger partial charge in [0.2, 0.25) is 15.9 Å². The van der Waals surface area contributed by atoms with Gasteiger partial charge in [-0.2, -0.15) is 4.31 Å². The summed E-state index contributed by atoms with van der Waals surface area (Å²) < 4.78 is 27.6. The number of amides is 1. The molecule has 1 N–H and O–H groups in total. The van der Waals surface area contributed by atoms with E-state index >= 15 is 0 Å². The molecule has 0 bridgehead atoms. The zero-order valence-electron chi connectivity index (χ0n) is 16.2. The Morgan fingerprint density at radius 2 is 1.59 bits per heavy atom. The van der Waals surface area contributed by atoms with Crippen molar-refractivity contribution in [3.05, 3.63) is 95.8 Å². The van der Waals surface area contributed by atoms with Crippen LogP contribution in [0.15, 0.2) is 84.0 Å². The third kappa shape index (κ3) is 5.73. The standard InChI is InChI=1S/C22H23N3O3S/c1-18-7-9-21(10-8-18)29(27,28)25(16-20-5-3-2-4-6-20)17-22(26)24-15-19-11-13-23-14-12-19/h2-14H,15-17H2,1H3,(H,24,26). The van der Waals surface area contributed by atoms with Crippen LogP contribution in [0.3, 0.4) is 0 Å². The minimum Gasteiger partial charge on any atom is -0.351 e. The summed E-state index contributed by atoms with van der Waals surface area (Å²) in [5.41, 5.74) is 2.67. The maximum atomic E-state index is 13.2. The zero-order valence-corrected chi connectivity index (χ0v) is 17.0. The van der Waals surface area contributed by atoms with Crippen LogP contribution in [-0.4, -0.2) is 30.2 Å². The van der Waals surface area contributed by atoms with Gasteiger partial charge in [0.15, 0.2) is 0 Å². The molecule has 1 aromatic heterocycles. The van der Waals surface area contributed by atoms with Crippen molar-refractivity contribution in [3.8, 4) is 0 Å². The van der Waals surface area contributed by atoms with Crippen LogP contribution >= 0.6 is 0 Å². The molecule has 2 aromatic carbocycles. The number of carbonyl (C=O) groups excluding carboxylic acids is 1. The number of rotatable bonds is 8. The molecular weight excluding hydrogens is 386 g/mol. The number of hydrogen-bond donors (Lipinski definition) is 1. The molecule has 0 saturated heterocycles. The second-order valence-electron chi connectivity index (χ2n) is 6.70. The Bertz CT molecular complexity index is 1040. The molecule has 3 rings (SSSR count). The average molecular weight is 410 g/mol. The SMILES string of the molecule is Cc1ccc(S(=O)(=O)N(CC(=O)NCc2ccncc2)Cc2ccccc2)cc1. The highest BCUT2D eigenvalue weighted by molar-refractivity contribution is 7.89. The second kappa shape index (κ2) is 9.45. The van der Waals surface area contributed by atoms with Crippen LogP contribution in [-0.2, 0) is 27.9 Å². The summed E-state index contributed by atoms with van der Waals surface area (Å²) in [6.45, 7) is 2.05. The number of hydrogen-bond acceptors (Lipinski definition) is 4. The first kappa shape index (κ1) is 20.7. The van der Waals surface area contributed by atoms with Gasteiger partial charge in [-0.1, -0.05) is 48.0 Å². The van der Waals surface area contributed by atoms with Gasteiger partial charge in [0.25, 0.3) is 0 Å². The van der Waals surface area contributed by atoms with E-state index in [-0.39, 0.29) is 23.9 Å². The molecular formula is C22H23N3O3S. The smallest absolute Gasteiger partial charge is 0.243 e. The predicted octanol–water partition coefficient (Wildman–Crippen LogP) is 2.90. The van der Waals surface area contributed by atoms with Crippen LogP contribution in [0.2, 0.25) is 0 Å². The molecule has 0 saturated carbocycles. The van der Waals surface area contributed by atoms with Gasteiger partial charge in [-0.3, -0.25) is 9.78 Å². The molecule has 3 aromatic rings. The number of sulfonamides is 1. The third-order valence-electron chi connectivity index (χ3n) is 4.42. The fourth-order valence-corrected chi connectivity index (χ4v) is 4.17. The van der Waals surface area contributed by atoms with Gasteiger partial charge in [0.1, 0.15) is 0 Å². The summed E-state index contributed by atoms with van der Waals surface area (Å²) in [4.78, 5) is 16.6. The van der Waals surface area contributed by atoms with E-state index in [1.165, 1.54) is 4.31 Å². The van der Waals surface area contributed by atoms with E-state index in [0.717, 1.165) is 16.7 Å². The Morgan fingerprint density at radius 1 is 0.931 bits per heavy atom. The Balaban J connectivity index is 1.78. The van der Waals surface area contributed by atoms with Crippen molar-refractivity contribution in [1.29, 1.82) is 0 Å². The van der Waals surface area contributed by atoms with Crippen LogP contribution in [0.4, 0.5) is 0 Å². The summed E-state index contributed by atoms with van der Waals surface area (Å²) in [7, 11) is -3.83. The van der Waals surface area contributed by atoms with Gasteiger partial charge in [0.05, 0.1) is 11.4 Å². The highest BCUT2D eigenvalue weighted by Crippen LogP contribution is 2.19. The van der Waals surface area contributed by atoms with E-state index in [1.807, 2.05) is 37.3 Å². The Kier molecular flexibility index (Phi) is 6.74. The first-order valence-corrected chi connectivity index (χ1v) is 10.7. The minimum absolute atomic E-state index is 0.111. The van der Waals surface area contributed by atoms with Crippen molar-refractivity contribution < 1.29 is 13.2 Å². The summed E-state index contributed by atoms with van der Waals surface area (Å²) in [6, 6.07) is 19.5. The van der Waals surface area contributed by atoms with Crippen LogP contribution < -0.4 is 5.32 Å². The molecule has 0 spiro atoms. The number of nitrogens with one attached hydrogen (secondary N) is 1. The molecule has 1 amide bonds. The van der Waals surface area contributed by atoms with Gasteiger partial charge in [0, 0.05) is 25.5 Å². The van der Waals surface area contributed by atoms with E-state index in [0.29, 0.717) is 6.54 Å². The maximum absolute atomic E-state index is 13.2. The lowest BCUT2D eigenvalue weighted by Crippen LogP contribution is -2.40. The van der Waals surface area contributed by atoms with Crippen molar-refractivity contribution in [2.45, 2.75) is 24.9 Å². The van der Waals surface area contributed by atoms with E-state index in [1.54, 1.807) is 48.8 Å². The highest BCUT2D eigenvalue weighted by Gasteiger charge is 2.26. The topological polar surface area (TPSA) is 79.4 Å². The fourth-order valence-electron chi connectivity index (χ4n) is 2.79. The average Bonchev–Trinajstić information content (AvgIpc) is 2.73. The predicted molar refractivity (Wildman–Crippen MR) is 111 cm³/mol. The molecule has 150 valence electrons. The third-order valence-corrected chi connectivity index (χ3v) is 6.23. The number of pyridine rings is 1. The molecule has 0 atom stereocenters. The number of aromatic nitrogens is 1. The summed E-state index contributed by atoms with van der Waals surface area (Å²) in [5, 5.41) is 2.78. The normalized spacial score (nSPS) is 11.4. The van der Waals surface area contributed by atoms with E-state index in [4.69, 9.17) is 0 Å². The molecule has 1 heterocycles. The highest BCUT2D eigenvalue weighted by atomic mass is 32.2. The molecule has 6 nitrogen and oxygen atoms in total. The van der Waals surface area contributed by atoms with Crippen LogP contribution in [0.5, 0.6) is 0 Å². The van der Waals surface area contributed by atoms with Crippen molar-refractivity contribution >= 4 is 15.9 Å². The minimum atomic E-state index is -3.83. The van der Waals surface area contributed by atoms with Gasteiger partial charge in [-0.25, -0.2) is 8.42 Å². The number of carbonyl (C=O) groups is 1. The van der Waals surface area contributed by atoms with Gasteiger partial charge in [-0.05, 0) is 42.3 Å². The van der Waals surface area contributed by atoms with Crippen molar-refractivity contribution in [1.82, 2.24) is 14.6 Å².